The number of ether oxygens (including phenoxy) is 1. The Morgan fingerprint density at radius 1 is 0.878 bits per heavy atom. The van der Waals surface area contributed by atoms with E-state index in [1.165, 1.54) is 0 Å². The molecule has 2 unspecified atom stereocenters. The van der Waals surface area contributed by atoms with Crippen molar-refractivity contribution in [3.05, 3.63) is 70.8 Å². The Balaban J connectivity index is 2.56. The Bertz CT molecular complexity index is 1090. The number of nitrogens with one attached hydrogen (secondary N) is 2. The summed E-state index contributed by atoms with van der Waals surface area (Å²) < 4.78 is 5.54. The summed E-state index contributed by atoms with van der Waals surface area (Å²) in [6, 6.07) is 13.9. The maximum absolute atomic E-state index is 14.5. The molecule has 3 amide bonds. The molecule has 0 aliphatic rings. The minimum absolute atomic E-state index is 0.206. The maximum Gasteiger partial charge on any atom is 0.408 e. The lowest BCUT2D eigenvalue weighted by Gasteiger charge is -2.35. The van der Waals surface area contributed by atoms with Gasteiger partial charge >= 0.3 is 6.09 Å². The molecule has 0 aromatic heterocycles. The monoisotopic (exact) mass is 565 g/mol. The van der Waals surface area contributed by atoms with Crippen LogP contribution in [0.25, 0.3) is 0 Å². The molecule has 2 N–H and O–H groups in total. The molecule has 41 heavy (non-hydrogen) atoms. The Morgan fingerprint density at radius 2 is 1.51 bits per heavy atom. The molecule has 2 aromatic carbocycles. The van der Waals surface area contributed by atoms with Crippen LogP contribution in [-0.4, -0.2) is 47.5 Å². The molecule has 0 aliphatic carbocycles. The zero-order valence-electron chi connectivity index (χ0n) is 26.2. The molecule has 7 nitrogen and oxygen atoms in total. The SMILES string of the molecule is CCCCCCN(C(=O)C(Cc1ccccc1)NC(=O)OC(C)(C)C)C(C(=O)NCCCC)c1cc(C)cc(C)c1. The molecule has 0 saturated carbocycles. The van der Waals surface area contributed by atoms with Gasteiger partial charge in [-0.05, 0) is 58.6 Å². The van der Waals surface area contributed by atoms with E-state index in [-0.39, 0.29) is 18.2 Å². The molecule has 0 spiro atoms. The second-order valence-electron chi connectivity index (χ2n) is 11.9. The summed E-state index contributed by atoms with van der Waals surface area (Å²) >= 11 is 0. The van der Waals surface area contributed by atoms with Crippen molar-refractivity contribution in [2.75, 3.05) is 13.1 Å². The van der Waals surface area contributed by atoms with Gasteiger partial charge in [-0.3, -0.25) is 9.59 Å². The van der Waals surface area contributed by atoms with Gasteiger partial charge in [0.25, 0.3) is 0 Å². The van der Waals surface area contributed by atoms with E-state index in [4.69, 9.17) is 4.74 Å². The van der Waals surface area contributed by atoms with Gasteiger partial charge in [-0.25, -0.2) is 4.79 Å². The van der Waals surface area contributed by atoms with Crippen molar-refractivity contribution in [2.24, 2.45) is 0 Å². The number of alkyl carbamates (subject to hydrolysis) is 1. The fourth-order valence-electron chi connectivity index (χ4n) is 4.90. The number of unbranched alkanes of at least 4 members (excludes halogenated alkanes) is 4. The van der Waals surface area contributed by atoms with E-state index in [0.29, 0.717) is 13.1 Å². The topological polar surface area (TPSA) is 87.7 Å². The fraction of sp³-hybridized carbons (Fsp3) is 0.559. The van der Waals surface area contributed by atoms with E-state index in [0.717, 1.165) is 60.8 Å². The molecule has 2 atom stereocenters. The van der Waals surface area contributed by atoms with E-state index in [1.54, 1.807) is 25.7 Å². The van der Waals surface area contributed by atoms with Crippen molar-refractivity contribution in [1.29, 1.82) is 0 Å². The summed E-state index contributed by atoms with van der Waals surface area (Å²) in [4.78, 5) is 43.0. The first-order chi connectivity index (χ1) is 19.4. The van der Waals surface area contributed by atoms with Crippen molar-refractivity contribution >= 4 is 17.9 Å². The highest BCUT2D eigenvalue weighted by Gasteiger charge is 2.36. The number of hydrogen-bond donors (Lipinski definition) is 2. The molecular formula is C34H51N3O4. The summed E-state index contributed by atoms with van der Waals surface area (Å²) in [5.74, 6) is -0.506. The predicted octanol–water partition coefficient (Wildman–Crippen LogP) is 6.81. The van der Waals surface area contributed by atoms with Gasteiger partial charge in [0.15, 0.2) is 0 Å². The number of amides is 3. The highest BCUT2D eigenvalue weighted by molar-refractivity contribution is 5.92. The number of rotatable bonds is 15. The Morgan fingerprint density at radius 3 is 2.10 bits per heavy atom. The number of hydrogen-bond acceptors (Lipinski definition) is 4. The van der Waals surface area contributed by atoms with Crippen LogP contribution in [0.4, 0.5) is 4.79 Å². The van der Waals surface area contributed by atoms with Crippen LogP contribution in [-0.2, 0) is 20.7 Å². The van der Waals surface area contributed by atoms with Crippen LogP contribution < -0.4 is 10.6 Å². The third kappa shape index (κ3) is 12.0. The van der Waals surface area contributed by atoms with Crippen LogP contribution in [0, 0.1) is 13.8 Å². The van der Waals surface area contributed by atoms with Crippen LogP contribution >= 0.6 is 0 Å². The number of benzene rings is 2. The van der Waals surface area contributed by atoms with Crippen molar-refractivity contribution in [1.82, 2.24) is 15.5 Å². The van der Waals surface area contributed by atoms with E-state index < -0.39 is 23.8 Å². The van der Waals surface area contributed by atoms with Crippen molar-refractivity contribution < 1.29 is 19.1 Å². The quantitative estimate of drug-likeness (QED) is 0.232. The van der Waals surface area contributed by atoms with Gasteiger partial charge in [-0.15, -0.1) is 0 Å². The molecule has 0 radical (unpaired) electrons. The number of nitrogens with zero attached hydrogens (tertiary/aromatic N) is 1. The third-order valence-corrected chi connectivity index (χ3v) is 6.76. The first-order valence-electron chi connectivity index (χ1n) is 15.1. The van der Waals surface area contributed by atoms with Crippen LogP contribution in [0.2, 0.25) is 0 Å². The standard InChI is InChI=1S/C34H51N3O4/c1-8-10-12-16-20-37(30(31(38)35-19-11-9-2)28-22-25(3)21-26(4)23-28)32(39)29(24-27-17-14-13-15-18-27)36-33(40)41-34(5,6)7/h13-15,17-18,21-23,29-30H,8-12,16,19-20,24H2,1-7H3,(H,35,38)(H,36,40). The second kappa shape index (κ2) is 16.8. The minimum atomic E-state index is -0.907. The van der Waals surface area contributed by atoms with Crippen LogP contribution in [0.1, 0.15) is 101 Å². The van der Waals surface area contributed by atoms with Gasteiger partial charge in [0.2, 0.25) is 11.8 Å². The molecule has 2 aromatic rings. The summed E-state index contributed by atoms with van der Waals surface area (Å²) in [7, 11) is 0. The Kier molecular flexibility index (Phi) is 13.9. The maximum atomic E-state index is 14.5. The van der Waals surface area contributed by atoms with Crippen molar-refractivity contribution in [2.45, 2.75) is 111 Å². The Labute approximate surface area is 247 Å². The molecule has 0 heterocycles. The normalized spacial score (nSPS) is 12.8. The van der Waals surface area contributed by atoms with Gasteiger partial charge in [0, 0.05) is 19.5 Å². The molecule has 0 bridgehead atoms. The van der Waals surface area contributed by atoms with E-state index in [2.05, 4.69) is 30.5 Å². The summed E-state index contributed by atoms with van der Waals surface area (Å²) in [5, 5.41) is 5.91. The Hall–Kier alpha value is -3.35. The molecular weight excluding hydrogens is 514 g/mol. The molecule has 2 rings (SSSR count). The second-order valence-corrected chi connectivity index (χ2v) is 11.9. The average molecular weight is 566 g/mol. The van der Waals surface area contributed by atoms with Gasteiger partial charge in [0.05, 0.1) is 0 Å². The van der Waals surface area contributed by atoms with Gasteiger partial charge in [-0.1, -0.05) is 99.2 Å². The summed E-state index contributed by atoms with van der Waals surface area (Å²) in [5.41, 5.74) is 3.01. The number of carbonyl (C=O) groups is 3. The predicted molar refractivity (Wildman–Crippen MR) is 166 cm³/mol. The zero-order valence-corrected chi connectivity index (χ0v) is 26.2. The van der Waals surface area contributed by atoms with Crippen molar-refractivity contribution in [3.63, 3.8) is 0 Å². The first-order valence-corrected chi connectivity index (χ1v) is 15.1. The number of aryl methyl sites for hydroxylation is 2. The zero-order chi connectivity index (χ0) is 30.4. The molecule has 0 fully saturated rings. The summed E-state index contributed by atoms with van der Waals surface area (Å²) in [6.45, 7) is 14.5. The van der Waals surface area contributed by atoms with E-state index in [1.807, 2.05) is 56.3 Å². The minimum Gasteiger partial charge on any atom is -0.444 e. The van der Waals surface area contributed by atoms with E-state index >= 15 is 0 Å². The molecule has 0 aliphatic heterocycles. The third-order valence-electron chi connectivity index (χ3n) is 6.76. The molecule has 0 saturated heterocycles. The van der Waals surface area contributed by atoms with Crippen LogP contribution in [0.15, 0.2) is 48.5 Å². The largest absolute Gasteiger partial charge is 0.444 e. The summed E-state index contributed by atoms with van der Waals surface area (Å²) in [6.07, 6.45) is 5.23. The average Bonchev–Trinajstić information content (AvgIpc) is 2.88. The first kappa shape index (κ1) is 33.9. The van der Waals surface area contributed by atoms with Crippen molar-refractivity contribution in [3.8, 4) is 0 Å². The molecule has 7 heteroatoms. The van der Waals surface area contributed by atoms with Gasteiger partial charge < -0.3 is 20.3 Å². The fourth-order valence-corrected chi connectivity index (χ4v) is 4.90. The van der Waals surface area contributed by atoms with Crippen LogP contribution in [0.3, 0.4) is 0 Å². The van der Waals surface area contributed by atoms with Gasteiger partial charge in [0.1, 0.15) is 17.7 Å². The lowest BCUT2D eigenvalue weighted by molar-refractivity contribution is -0.142. The number of carbonyl (C=O) groups excluding carboxylic acids is 3. The lowest BCUT2D eigenvalue weighted by Crippen LogP contribution is -2.54. The van der Waals surface area contributed by atoms with Crippen LogP contribution in [0.5, 0.6) is 0 Å². The highest BCUT2D eigenvalue weighted by Crippen LogP contribution is 2.26. The van der Waals surface area contributed by atoms with E-state index in [9.17, 15) is 14.4 Å². The lowest BCUT2D eigenvalue weighted by atomic mass is 9.97. The highest BCUT2D eigenvalue weighted by atomic mass is 16.6. The molecule has 226 valence electrons. The smallest absolute Gasteiger partial charge is 0.408 e. The van der Waals surface area contributed by atoms with Gasteiger partial charge in [-0.2, -0.15) is 0 Å².